The van der Waals surface area contributed by atoms with Crippen LogP contribution in [0.25, 0.3) is 11.1 Å². The lowest BCUT2D eigenvalue weighted by Gasteiger charge is -2.33. The van der Waals surface area contributed by atoms with E-state index in [-0.39, 0.29) is 17.6 Å². The van der Waals surface area contributed by atoms with Crippen LogP contribution in [-0.4, -0.2) is 41.0 Å². The van der Waals surface area contributed by atoms with E-state index in [2.05, 4.69) is 29.2 Å². The molecule has 1 fully saturated rings. The topological polar surface area (TPSA) is 81.3 Å². The number of piperidine rings is 1. The highest BCUT2D eigenvalue weighted by molar-refractivity contribution is 5.98. The van der Waals surface area contributed by atoms with Gasteiger partial charge in [-0.15, -0.1) is 0 Å². The Morgan fingerprint density at radius 2 is 1.97 bits per heavy atom. The van der Waals surface area contributed by atoms with Gasteiger partial charge in [-0.1, -0.05) is 12.1 Å². The molecule has 1 atom stereocenters. The predicted octanol–water partition coefficient (Wildman–Crippen LogP) is 4.06. The first-order valence-corrected chi connectivity index (χ1v) is 10.2. The van der Waals surface area contributed by atoms with E-state index in [1.165, 1.54) is 0 Å². The lowest BCUT2D eigenvalue weighted by Crippen LogP contribution is -2.39. The Kier molecular flexibility index (Phi) is 5.65. The number of pyridine rings is 2. The normalized spacial score (nSPS) is 16.3. The molecule has 30 heavy (non-hydrogen) atoms. The van der Waals surface area contributed by atoms with E-state index in [0.717, 1.165) is 47.7 Å². The third-order valence-electron chi connectivity index (χ3n) is 5.59. The van der Waals surface area contributed by atoms with Crippen molar-refractivity contribution in [3.63, 3.8) is 0 Å². The van der Waals surface area contributed by atoms with Gasteiger partial charge in [0.1, 0.15) is 11.6 Å². The minimum atomic E-state index is -0.0617. The summed E-state index contributed by atoms with van der Waals surface area (Å²) in [6.07, 6.45) is 3.54. The van der Waals surface area contributed by atoms with E-state index in [1.54, 1.807) is 25.4 Å². The molecule has 3 aromatic rings. The molecule has 0 spiro atoms. The summed E-state index contributed by atoms with van der Waals surface area (Å²) in [4.78, 5) is 23.7. The lowest BCUT2D eigenvalue weighted by atomic mass is 9.92. The van der Waals surface area contributed by atoms with Crippen molar-refractivity contribution in [3.8, 4) is 16.9 Å². The molecule has 1 amide bonds. The van der Waals surface area contributed by atoms with Crippen molar-refractivity contribution in [2.45, 2.75) is 25.7 Å². The van der Waals surface area contributed by atoms with Crippen molar-refractivity contribution in [2.75, 3.05) is 25.9 Å². The number of hydrogen-bond donors (Lipinski definition) is 1. The van der Waals surface area contributed by atoms with Crippen LogP contribution >= 0.6 is 0 Å². The van der Waals surface area contributed by atoms with Crippen molar-refractivity contribution in [1.82, 2.24) is 14.9 Å². The van der Waals surface area contributed by atoms with Crippen LogP contribution in [0.1, 0.15) is 40.5 Å². The van der Waals surface area contributed by atoms with Crippen LogP contribution in [-0.2, 0) is 0 Å². The van der Waals surface area contributed by atoms with Crippen LogP contribution in [0.2, 0.25) is 0 Å². The van der Waals surface area contributed by atoms with Crippen LogP contribution in [0.4, 0.5) is 5.82 Å². The molecule has 2 aromatic heterocycles. The van der Waals surface area contributed by atoms with Gasteiger partial charge in [0.25, 0.3) is 5.91 Å². The molecule has 0 bridgehead atoms. The Morgan fingerprint density at radius 1 is 1.17 bits per heavy atom. The number of carbonyl (C=O) groups is 1. The molecule has 1 aliphatic heterocycles. The van der Waals surface area contributed by atoms with Gasteiger partial charge < -0.3 is 15.4 Å². The van der Waals surface area contributed by atoms with E-state index < -0.39 is 0 Å². The first kappa shape index (κ1) is 19.9. The molecule has 0 aliphatic carbocycles. The number of aryl methyl sites for hydroxylation is 1. The number of ether oxygens (including phenoxy) is 1. The Morgan fingerprint density at radius 3 is 2.70 bits per heavy atom. The third kappa shape index (κ3) is 4.13. The maximum Gasteiger partial charge on any atom is 0.257 e. The third-order valence-corrected chi connectivity index (χ3v) is 5.59. The lowest BCUT2D eigenvalue weighted by molar-refractivity contribution is 0.0706. The Bertz CT molecular complexity index is 1050. The average Bonchev–Trinajstić information content (AvgIpc) is 2.79. The van der Waals surface area contributed by atoms with Gasteiger partial charge in [0, 0.05) is 36.6 Å². The van der Waals surface area contributed by atoms with Gasteiger partial charge >= 0.3 is 0 Å². The maximum absolute atomic E-state index is 13.0. The molecule has 154 valence electrons. The number of rotatable bonds is 4. The summed E-state index contributed by atoms with van der Waals surface area (Å²) in [5.74, 6) is 1.24. The molecule has 0 saturated carbocycles. The minimum Gasteiger partial charge on any atom is -0.497 e. The number of hydrogen-bond acceptors (Lipinski definition) is 5. The van der Waals surface area contributed by atoms with Crippen molar-refractivity contribution < 1.29 is 9.53 Å². The number of benzene rings is 1. The molecule has 1 aromatic carbocycles. The zero-order valence-electron chi connectivity index (χ0n) is 17.3. The number of nitrogens with zero attached hydrogens (tertiary/aromatic N) is 3. The highest BCUT2D eigenvalue weighted by Crippen LogP contribution is 2.31. The van der Waals surface area contributed by atoms with Crippen LogP contribution in [0, 0.1) is 6.92 Å². The van der Waals surface area contributed by atoms with Crippen LogP contribution in [0.3, 0.4) is 0 Å². The van der Waals surface area contributed by atoms with E-state index in [4.69, 9.17) is 15.5 Å². The second-order valence-electron chi connectivity index (χ2n) is 7.68. The average molecular weight is 402 g/mol. The molecule has 1 saturated heterocycles. The number of anilines is 1. The van der Waals surface area contributed by atoms with Crippen LogP contribution in [0.5, 0.6) is 5.75 Å². The van der Waals surface area contributed by atoms with Crippen molar-refractivity contribution >= 4 is 11.7 Å². The monoisotopic (exact) mass is 402 g/mol. The van der Waals surface area contributed by atoms with Gasteiger partial charge in [-0.05, 0) is 67.3 Å². The summed E-state index contributed by atoms with van der Waals surface area (Å²) in [5.41, 5.74) is 10.6. The second kappa shape index (κ2) is 8.53. The number of amides is 1. The predicted molar refractivity (Wildman–Crippen MR) is 117 cm³/mol. The number of carbonyl (C=O) groups excluding carboxylic acids is 1. The fraction of sp³-hybridized carbons (Fsp3) is 0.292. The van der Waals surface area contributed by atoms with Gasteiger partial charge in [-0.2, -0.15) is 0 Å². The first-order chi connectivity index (χ1) is 14.5. The summed E-state index contributed by atoms with van der Waals surface area (Å²) in [7, 11) is 1.67. The number of aromatic nitrogens is 2. The zero-order valence-corrected chi connectivity index (χ0v) is 17.3. The number of nitrogens with two attached hydrogens (primary N) is 1. The highest BCUT2D eigenvalue weighted by atomic mass is 16.5. The van der Waals surface area contributed by atoms with Crippen molar-refractivity contribution in [1.29, 1.82) is 0 Å². The molecule has 6 heteroatoms. The van der Waals surface area contributed by atoms with Gasteiger partial charge in [-0.3, -0.25) is 9.78 Å². The molecule has 1 aliphatic rings. The maximum atomic E-state index is 13.0. The molecule has 2 N–H and O–H groups in total. The van der Waals surface area contributed by atoms with E-state index in [9.17, 15) is 4.79 Å². The van der Waals surface area contributed by atoms with Crippen LogP contribution < -0.4 is 10.5 Å². The largest absolute Gasteiger partial charge is 0.497 e. The van der Waals surface area contributed by atoms with Gasteiger partial charge in [0.2, 0.25) is 0 Å². The summed E-state index contributed by atoms with van der Waals surface area (Å²) in [5, 5.41) is 0. The Balaban J connectivity index is 1.58. The molecule has 6 nitrogen and oxygen atoms in total. The number of likely N-dealkylation sites (tertiary alicyclic amines) is 1. The molecule has 0 radical (unpaired) electrons. The van der Waals surface area contributed by atoms with Crippen LogP contribution in [0.15, 0.2) is 54.7 Å². The van der Waals surface area contributed by atoms with Crippen molar-refractivity contribution in [2.24, 2.45) is 0 Å². The Hall–Kier alpha value is -3.41. The standard InChI is InChI=1S/C24H26N4O2/c1-16-13-19(17-7-9-20(30-2)10-8-17)14-22(27-16)18-5-4-12-28(15-18)24(29)21-6-3-11-26-23(21)25/h3,6-11,13-14,18H,4-5,12,15H2,1-2H3,(H2,25,26)/t18-/m1/s1. The Labute approximate surface area is 176 Å². The van der Waals surface area contributed by atoms with Gasteiger partial charge in [-0.25, -0.2) is 4.98 Å². The second-order valence-corrected chi connectivity index (χ2v) is 7.68. The summed E-state index contributed by atoms with van der Waals surface area (Å²) >= 11 is 0. The molecular weight excluding hydrogens is 376 g/mol. The number of methoxy groups -OCH3 is 1. The SMILES string of the molecule is COc1ccc(-c2cc(C)nc([C@@H]3CCCN(C(=O)c4cccnc4N)C3)c2)cc1. The van der Waals surface area contributed by atoms with E-state index in [0.29, 0.717) is 12.1 Å². The fourth-order valence-electron chi connectivity index (χ4n) is 4.03. The van der Waals surface area contributed by atoms with Gasteiger partial charge in [0.05, 0.1) is 12.7 Å². The minimum absolute atomic E-state index is 0.0617. The first-order valence-electron chi connectivity index (χ1n) is 10.2. The number of nitrogen functional groups attached to an aromatic ring is 1. The molecule has 3 heterocycles. The zero-order chi connectivity index (χ0) is 21.1. The fourth-order valence-corrected chi connectivity index (χ4v) is 4.03. The quantitative estimate of drug-likeness (QED) is 0.712. The van der Waals surface area contributed by atoms with Crippen molar-refractivity contribution in [3.05, 3.63) is 71.7 Å². The van der Waals surface area contributed by atoms with E-state index in [1.807, 2.05) is 24.0 Å². The molecule has 4 rings (SSSR count). The summed E-state index contributed by atoms with van der Waals surface area (Å²) in [6, 6.07) is 15.8. The van der Waals surface area contributed by atoms with Gasteiger partial charge in [0.15, 0.2) is 0 Å². The highest BCUT2D eigenvalue weighted by Gasteiger charge is 2.27. The smallest absolute Gasteiger partial charge is 0.257 e. The molecule has 0 unspecified atom stereocenters. The summed E-state index contributed by atoms with van der Waals surface area (Å²) < 4.78 is 5.26. The molecular formula is C24H26N4O2. The van der Waals surface area contributed by atoms with E-state index >= 15 is 0 Å². The summed E-state index contributed by atoms with van der Waals surface area (Å²) in [6.45, 7) is 3.37.